The Kier molecular flexibility index (Phi) is 26.5. The molecular formula is C56H82N7O23P2S2+. The topological polar surface area (TPSA) is 434 Å². The zero-order valence-electron chi connectivity index (χ0n) is 50.6. The van der Waals surface area contributed by atoms with Crippen LogP contribution < -0.4 is 27.0 Å². The standard InChI is InChI=1S/C56H81N7O23P2S2/c1-6-61-43-20-18-39(89(74,75)76)34-41(43)55(2,3)46(61)15-9-7-10-16-47-56(4,5)42-35-40(90(77,78)79)19-21-44(42)62(47)25-12-8-11-17-48(64)59-24-27-81-29-31-83-33-32-82-30-28-80-26-22-49(65)58-23-13-14-38-36-63(54(67)60-52(38)57)53-50(66)51(86-88(71,72)73)45(85-53)37-84-87(68,69)70/h7,9-10,15-16,18-21,34-36,45,50-51,53,66H,6,8,11-14,17,22-33,37H2,1-5H3,(H9-,57,58,59,60,64,65,67,68,69,70,71,72,73,74,75,76,77,78,79)/p+1/t45-,50+,51?,53-/m1/s1. The molecule has 30 nitrogen and oxygen atoms in total. The minimum absolute atomic E-state index is 0.0556. The molecule has 4 atom stereocenters. The number of likely N-dealkylation sites (N-methyl/N-ethyl adjacent to an activating group) is 1. The van der Waals surface area contributed by atoms with E-state index in [-0.39, 0.29) is 72.2 Å². The summed E-state index contributed by atoms with van der Waals surface area (Å²) in [5.41, 5.74) is 9.03. The van der Waals surface area contributed by atoms with Gasteiger partial charge in [-0.15, -0.1) is 0 Å². The van der Waals surface area contributed by atoms with Crippen molar-refractivity contribution < 1.29 is 107 Å². The van der Waals surface area contributed by atoms with Gasteiger partial charge in [0.15, 0.2) is 11.9 Å². The molecule has 0 spiro atoms. The Morgan fingerprint density at radius 1 is 0.767 bits per heavy atom. The minimum atomic E-state index is -5.27. The van der Waals surface area contributed by atoms with Crippen LogP contribution in [-0.4, -0.2) is 186 Å². The lowest BCUT2D eigenvalue weighted by Crippen LogP contribution is -2.38. The summed E-state index contributed by atoms with van der Waals surface area (Å²) in [4.78, 5) is 80.0. The molecular weight excluding hydrogens is 1260 g/mol. The van der Waals surface area contributed by atoms with Crippen LogP contribution in [-0.2, 0) is 88.9 Å². The van der Waals surface area contributed by atoms with Gasteiger partial charge in [0.05, 0.1) is 74.7 Å². The third-order valence-corrected chi connectivity index (χ3v) is 17.8. The largest absolute Gasteiger partial charge is 0.470 e. The maximum atomic E-state index is 12.7. The third kappa shape index (κ3) is 20.8. The van der Waals surface area contributed by atoms with Crippen LogP contribution in [0.5, 0.6) is 0 Å². The van der Waals surface area contributed by atoms with E-state index in [0.717, 1.165) is 51.3 Å². The first-order chi connectivity index (χ1) is 42.2. The highest BCUT2D eigenvalue weighted by Gasteiger charge is 2.50. The van der Waals surface area contributed by atoms with E-state index in [2.05, 4.69) is 34.1 Å². The zero-order valence-corrected chi connectivity index (χ0v) is 54.0. The Bertz CT molecular complexity index is 3530. The Hall–Kier alpha value is -5.45. The van der Waals surface area contributed by atoms with Gasteiger partial charge < -0.3 is 69.6 Å². The summed E-state index contributed by atoms with van der Waals surface area (Å²) in [5.74, 6) is -0.574. The van der Waals surface area contributed by atoms with E-state index in [0.29, 0.717) is 71.9 Å². The van der Waals surface area contributed by atoms with E-state index in [1.807, 2.05) is 65.0 Å². The normalized spacial score (nSPS) is 19.6. The number of hydrogen-bond acceptors (Lipinski definition) is 20. The number of carbonyl (C=O) groups excluding carboxylic acids is 2. The van der Waals surface area contributed by atoms with Crippen molar-refractivity contribution in [3.63, 3.8) is 0 Å². The van der Waals surface area contributed by atoms with Gasteiger partial charge in [-0.3, -0.25) is 32.3 Å². The number of anilines is 2. The Morgan fingerprint density at radius 2 is 1.37 bits per heavy atom. The predicted molar refractivity (Wildman–Crippen MR) is 326 cm³/mol. The number of fused-ring (bicyclic) bond motifs is 2. The molecule has 34 heteroatoms. The second-order valence-corrected chi connectivity index (χ2v) is 27.5. The van der Waals surface area contributed by atoms with Crippen molar-refractivity contribution in [1.29, 1.82) is 0 Å². The second kappa shape index (κ2) is 32.4. The van der Waals surface area contributed by atoms with Gasteiger partial charge in [-0.25, -0.2) is 13.9 Å². The molecule has 1 saturated heterocycles. The lowest BCUT2D eigenvalue weighted by molar-refractivity contribution is -0.438. The lowest BCUT2D eigenvalue weighted by atomic mass is 9.81. The number of nitrogen functional groups attached to an aromatic ring is 1. The molecule has 500 valence electrons. The molecule has 2 aromatic carbocycles. The van der Waals surface area contributed by atoms with Gasteiger partial charge in [0.1, 0.15) is 30.7 Å². The molecule has 4 heterocycles. The number of unbranched alkanes of at least 4 members (excludes halogenated alkanes) is 2. The molecule has 90 heavy (non-hydrogen) atoms. The minimum Gasteiger partial charge on any atom is -0.386 e. The molecule has 0 aliphatic carbocycles. The summed E-state index contributed by atoms with van der Waals surface area (Å²) in [6.07, 6.45) is 6.69. The number of benzene rings is 2. The molecule has 3 aromatic rings. The zero-order chi connectivity index (χ0) is 66.2. The van der Waals surface area contributed by atoms with E-state index in [4.69, 9.17) is 39.2 Å². The van der Waals surface area contributed by atoms with Gasteiger partial charge in [-0.1, -0.05) is 32.1 Å². The Labute approximate surface area is 522 Å². The molecule has 0 bridgehead atoms. The number of ether oxygens (including phenoxy) is 5. The number of aryl methyl sites for hydroxylation is 1. The number of phosphoric ester groups is 2. The molecule has 0 radical (unpaired) electrons. The number of phosphoric acid groups is 2. The number of hydrogen-bond donors (Lipinski definition) is 10. The van der Waals surface area contributed by atoms with Crippen molar-refractivity contribution in [2.75, 3.05) is 96.3 Å². The number of rotatable bonds is 37. The van der Waals surface area contributed by atoms with Crippen molar-refractivity contribution in [3.05, 3.63) is 106 Å². The summed E-state index contributed by atoms with van der Waals surface area (Å²) in [5, 5.41) is 16.4. The fraction of sp³-hybridized carbons (Fsp3) is 0.554. The number of nitrogens with two attached hydrogens (primary N) is 1. The first kappa shape index (κ1) is 73.6. The maximum Gasteiger partial charge on any atom is 0.470 e. The summed E-state index contributed by atoms with van der Waals surface area (Å²) >= 11 is 0. The molecule has 11 N–H and O–H groups in total. The second-order valence-electron chi connectivity index (χ2n) is 22.2. The van der Waals surface area contributed by atoms with Crippen molar-refractivity contribution in [1.82, 2.24) is 20.2 Å². The van der Waals surface area contributed by atoms with Gasteiger partial charge in [0.25, 0.3) is 20.2 Å². The molecule has 1 unspecified atom stereocenters. The molecule has 1 fully saturated rings. The molecule has 0 saturated carbocycles. The number of carbonyl (C=O) groups is 2. The van der Waals surface area contributed by atoms with Gasteiger partial charge in [0, 0.05) is 85.2 Å². The van der Waals surface area contributed by atoms with Gasteiger partial charge in [-0.05, 0) is 88.4 Å². The SMILES string of the molecule is CCN1/C(=C/C=C/C=C/C2=[N+](CCCCCC(=O)NCCOCCOCCOCCOCCC(=O)NCCCc3cn([C@@H]4O[C@H](COP(=O)(O)O)C(OP(=O)(O)O)[C@@H]4O)c(=O)nc3N)c3ccc(S(=O)(=O)O)cc3C2(C)C)C(C)(C)c2cc(S(=O)(=O)O)ccc21. The molecule has 6 rings (SSSR count). The number of aliphatic hydroxyl groups excluding tert-OH is 1. The van der Waals surface area contributed by atoms with E-state index >= 15 is 0 Å². The van der Waals surface area contributed by atoms with Gasteiger partial charge in [-0.2, -0.15) is 26.4 Å². The van der Waals surface area contributed by atoms with Crippen LogP contribution in [0.25, 0.3) is 0 Å². The molecule has 1 aromatic heterocycles. The van der Waals surface area contributed by atoms with Crippen LogP contribution in [0.3, 0.4) is 0 Å². The number of allylic oxidation sites excluding steroid dienone is 6. The smallest absolute Gasteiger partial charge is 0.386 e. The van der Waals surface area contributed by atoms with E-state index in [9.17, 15) is 64.3 Å². The molecule has 3 aliphatic rings. The summed E-state index contributed by atoms with van der Waals surface area (Å²) in [6.45, 7) is 12.9. The fourth-order valence-corrected chi connectivity index (χ4v) is 12.5. The predicted octanol–water partition coefficient (Wildman–Crippen LogP) is 3.24. The molecule has 3 aliphatic heterocycles. The van der Waals surface area contributed by atoms with Crippen molar-refractivity contribution in [2.45, 2.75) is 125 Å². The lowest BCUT2D eigenvalue weighted by Gasteiger charge is -2.25. The number of aliphatic hydroxyl groups is 1. The first-order valence-electron chi connectivity index (χ1n) is 29.0. The van der Waals surface area contributed by atoms with Crippen LogP contribution >= 0.6 is 15.6 Å². The van der Waals surface area contributed by atoms with Crippen molar-refractivity contribution in [3.8, 4) is 0 Å². The quantitative estimate of drug-likeness (QED) is 0.0130. The Morgan fingerprint density at radius 3 is 1.99 bits per heavy atom. The summed E-state index contributed by atoms with van der Waals surface area (Å²) in [7, 11) is -19.2. The average Bonchev–Trinajstić information content (AvgIpc) is 1.88. The number of nitrogens with zero attached hydrogens (tertiary/aromatic N) is 4. The maximum absolute atomic E-state index is 12.7. The number of amides is 2. The van der Waals surface area contributed by atoms with Crippen LogP contribution in [0.4, 0.5) is 17.2 Å². The van der Waals surface area contributed by atoms with E-state index in [1.54, 1.807) is 12.1 Å². The number of aromatic nitrogens is 2. The van der Waals surface area contributed by atoms with Crippen molar-refractivity contribution >= 4 is 70.6 Å². The van der Waals surface area contributed by atoms with Gasteiger partial charge >= 0.3 is 21.3 Å². The highest BCUT2D eigenvalue weighted by Crippen LogP contribution is 2.49. The number of nitrogens with one attached hydrogen (secondary N) is 2. The van der Waals surface area contributed by atoms with E-state index in [1.165, 1.54) is 30.5 Å². The van der Waals surface area contributed by atoms with Crippen LogP contribution in [0, 0.1) is 0 Å². The summed E-state index contributed by atoms with van der Waals surface area (Å²) < 4.78 is 130. The van der Waals surface area contributed by atoms with Crippen molar-refractivity contribution in [2.24, 2.45) is 0 Å². The Balaban J connectivity index is 0.810. The fourth-order valence-electron chi connectivity index (χ4n) is 10.6. The first-order valence-corrected chi connectivity index (χ1v) is 34.9. The highest BCUT2D eigenvalue weighted by atomic mass is 32.2. The van der Waals surface area contributed by atoms with Crippen LogP contribution in [0.15, 0.2) is 93.3 Å². The monoisotopic (exact) mass is 1350 g/mol. The summed E-state index contributed by atoms with van der Waals surface area (Å²) in [6, 6.07) is 9.21. The highest BCUT2D eigenvalue weighted by molar-refractivity contribution is 7.86. The van der Waals surface area contributed by atoms with Gasteiger partial charge in [0.2, 0.25) is 17.5 Å². The molecule has 2 amide bonds. The van der Waals surface area contributed by atoms with Crippen LogP contribution in [0.2, 0.25) is 0 Å². The average molecular weight is 1350 g/mol. The van der Waals surface area contributed by atoms with Crippen LogP contribution in [0.1, 0.15) is 96.1 Å². The van der Waals surface area contributed by atoms with E-state index < -0.39 is 83.5 Å². The third-order valence-electron chi connectivity index (χ3n) is 15.1.